The summed E-state index contributed by atoms with van der Waals surface area (Å²) in [7, 11) is -3.86. The maximum Gasteiger partial charge on any atom is 0.319 e. The van der Waals surface area contributed by atoms with Crippen molar-refractivity contribution in [1.82, 2.24) is 5.32 Å². The first kappa shape index (κ1) is 16.9. The van der Waals surface area contributed by atoms with Gasteiger partial charge in [-0.1, -0.05) is 6.07 Å². The lowest BCUT2D eigenvalue weighted by Crippen LogP contribution is -2.42. The quantitative estimate of drug-likeness (QED) is 0.629. The van der Waals surface area contributed by atoms with E-state index in [4.69, 9.17) is 10.2 Å². The number of nitrogens with one attached hydrogen (secondary N) is 2. The Morgan fingerprint density at radius 1 is 1.29 bits per heavy atom. The maximum atomic E-state index is 11.7. The van der Waals surface area contributed by atoms with Crippen LogP contribution in [0.25, 0.3) is 0 Å². The van der Waals surface area contributed by atoms with Crippen molar-refractivity contribution in [3.8, 4) is 0 Å². The van der Waals surface area contributed by atoms with E-state index in [0.29, 0.717) is 0 Å². The Labute approximate surface area is 122 Å². The molecule has 0 aromatic heterocycles. The van der Waals surface area contributed by atoms with Gasteiger partial charge in [0.15, 0.2) is 0 Å². The molecule has 1 aromatic rings. The number of sulfonamides is 1. The lowest BCUT2D eigenvalue weighted by Gasteiger charge is -2.18. The minimum atomic E-state index is -3.86. The predicted octanol–water partition coefficient (Wildman–Crippen LogP) is 0.565. The number of anilines is 1. The molecule has 2 unspecified atom stereocenters. The third kappa shape index (κ3) is 5.04. The number of hydrogen-bond acceptors (Lipinski definition) is 4. The zero-order valence-corrected chi connectivity index (χ0v) is 12.3. The number of carboxylic acids is 1. The minimum absolute atomic E-state index is 0.132. The Balaban J connectivity index is 2.74. The monoisotopic (exact) mass is 315 g/mol. The second-order valence-corrected chi connectivity index (χ2v) is 6.15. The highest BCUT2D eigenvalue weighted by atomic mass is 32.2. The molecule has 1 aromatic carbocycles. The average molecular weight is 315 g/mol. The van der Waals surface area contributed by atoms with Crippen LogP contribution in [0.5, 0.6) is 0 Å². The van der Waals surface area contributed by atoms with Gasteiger partial charge in [-0.3, -0.25) is 4.79 Å². The number of hydrogen-bond donors (Lipinski definition) is 4. The van der Waals surface area contributed by atoms with Gasteiger partial charge in [0.25, 0.3) is 0 Å². The van der Waals surface area contributed by atoms with Crippen LogP contribution in [0.1, 0.15) is 13.8 Å². The van der Waals surface area contributed by atoms with Crippen molar-refractivity contribution in [2.24, 2.45) is 11.1 Å². The molecule has 0 spiro atoms. The Hall–Kier alpha value is -2.13. The molecular formula is C12H17N3O5S. The number of amides is 2. The van der Waals surface area contributed by atoms with Gasteiger partial charge in [-0.25, -0.2) is 18.4 Å². The molecule has 0 heterocycles. The zero-order valence-electron chi connectivity index (χ0n) is 11.5. The average Bonchev–Trinajstić information content (AvgIpc) is 2.36. The maximum absolute atomic E-state index is 11.7. The number of rotatable bonds is 5. The van der Waals surface area contributed by atoms with E-state index in [-0.39, 0.29) is 10.6 Å². The van der Waals surface area contributed by atoms with Crippen molar-refractivity contribution in [2.45, 2.75) is 24.8 Å². The fourth-order valence-electron chi connectivity index (χ4n) is 1.46. The molecule has 0 aliphatic rings. The van der Waals surface area contributed by atoms with Gasteiger partial charge in [0.1, 0.15) is 0 Å². The van der Waals surface area contributed by atoms with Crippen molar-refractivity contribution in [3.63, 3.8) is 0 Å². The third-order valence-electron chi connectivity index (χ3n) is 2.92. The highest BCUT2D eigenvalue weighted by molar-refractivity contribution is 7.89. The summed E-state index contributed by atoms with van der Waals surface area (Å²) in [6.45, 7) is 3.02. The highest BCUT2D eigenvalue weighted by Crippen LogP contribution is 2.14. The number of benzene rings is 1. The Bertz CT molecular complexity index is 644. The highest BCUT2D eigenvalue weighted by Gasteiger charge is 2.21. The summed E-state index contributed by atoms with van der Waals surface area (Å²) in [6.07, 6.45) is 0. The van der Waals surface area contributed by atoms with E-state index in [1.807, 2.05) is 0 Å². The molecule has 1 rings (SSSR count). The molecule has 116 valence electrons. The zero-order chi connectivity index (χ0) is 16.2. The van der Waals surface area contributed by atoms with Crippen molar-refractivity contribution in [2.75, 3.05) is 5.32 Å². The largest absolute Gasteiger partial charge is 0.481 e. The molecule has 5 N–H and O–H groups in total. The van der Waals surface area contributed by atoms with E-state index in [1.54, 1.807) is 6.92 Å². The molecule has 0 fully saturated rings. The first-order valence-corrected chi connectivity index (χ1v) is 7.59. The second kappa shape index (κ2) is 6.55. The first-order chi connectivity index (χ1) is 9.61. The van der Waals surface area contributed by atoms with Gasteiger partial charge >= 0.3 is 12.0 Å². The van der Waals surface area contributed by atoms with Crippen molar-refractivity contribution in [3.05, 3.63) is 24.3 Å². The second-order valence-electron chi connectivity index (χ2n) is 4.59. The van der Waals surface area contributed by atoms with E-state index in [9.17, 15) is 18.0 Å². The van der Waals surface area contributed by atoms with Crippen molar-refractivity contribution >= 4 is 27.7 Å². The van der Waals surface area contributed by atoms with Gasteiger partial charge in [-0.2, -0.15) is 0 Å². The smallest absolute Gasteiger partial charge is 0.319 e. The molecule has 2 amide bonds. The van der Waals surface area contributed by atoms with E-state index in [1.165, 1.54) is 31.2 Å². The van der Waals surface area contributed by atoms with Crippen LogP contribution < -0.4 is 15.8 Å². The summed E-state index contributed by atoms with van der Waals surface area (Å²) in [5.41, 5.74) is 0.231. The van der Waals surface area contributed by atoms with E-state index in [0.717, 1.165) is 0 Å². The summed E-state index contributed by atoms with van der Waals surface area (Å²) >= 11 is 0. The van der Waals surface area contributed by atoms with Gasteiger partial charge in [-0.15, -0.1) is 0 Å². The van der Waals surface area contributed by atoms with Gasteiger partial charge in [0, 0.05) is 11.7 Å². The standard InChI is InChI=1S/C12H17N3O5S/c1-7(11(16)17)8(2)14-12(18)15-9-4-3-5-10(6-9)21(13,19)20/h3-8H,1-2H3,(H,16,17)(H2,13,19,20)(H2,14,15,18). The summed E-state index contributed by atoms with van der Waals surface area (Å²) in [5, 5.41) is 18.7. The number of carbonyl (C=O) groups excluding carboxylic acids is 1. The molecule has 21 heavy (non-hydrogen) atoms. The number of nitrogens with two attached hydrogens (primary N) is 1. The summed E-state index contributed by atoms with van der Waals surface area (Å²) in [5.74, 6) is -1.79. The topological polar surface area (TPSA) is 139 Å². The first-order valence-electron chi connectivity index (χ1n) is 6.04. The molecule has 2 atom stereocenters. The number of urea groups is 1. The molecule has 0 saturated heterocycles. The Kier molecular flexibility index (Phi) is 5.28. The Morgan fingerprint density at radius 2 is 1.90 bits per heavy atom. The lowest BCUT2D eigenvalue weighted by molar-refractivity contribution is -0.141. The number of carboxylic acid groups (broad SMARTS) is 1. The van der Waals surface area contributed by atoms with Crippen LogP contribution in [0.3, 0.4) is 0 Å². The van der Waals surface area contributed by atoms with Crippen molar-refractivity contribution in [1.29, 1.82) is 0 Å². The molecule has 0 radical (unpaired) electrons. The van der Waals surface area contributed by atoms with Crippen LogP contribution >= 0.6 is 0 Å². The Morgan fingerprint density at radius 3 is 2.43 bits per heavy atom. The van der Waals surface area contributed by atoms with Crippen molar-refractivity contribution < 1.29 is 23.1 Å². The van der Waals surface area contributed by atoms with E-state index >= 15 is 0 Å². The summed E-state index contributed by atoms with van der Waals surface area (Å²) in [6, 6.07) is 4.19. The van der Waals surface area contributed by atoms with Gasteiger partial charge < -0.3 is 15.7 Å². The molecule has 9 heteroatoms. The summed E-state index contributed by atoms with van der Waals surface area (Å²) < 4.78 is 22.4. The molecule has 0 aliphatic heterocycles. The molecule has 8 nitrogen and oxygen atoms in total. The van der Waals surface area contributed by atoms with E-state index in [2.05, 4.69) is 10.6 Å². The fourth-order valence-corrected chi connectivity index (χ4v) is 2.02. The number of carbonyl (C=O) groups is 2. The van der Waals surface area contributed by atoms with Crippen LogP contribution in [-0.2, 0) is 14.8 Å². The minimum Gasteiger partial charge on any atom is -0.481 e. The van der Waals surface area contributed by atoms with Crippen LogP contribution in [0, 0.1) is 5.92 Å². The van der Waals surface area contributed by atoms with Gasteiger partial charge in [-0.05, 0) is 32.0 Å². The molecule has 0 aliphatic carbocycles. The van der Waals surface area contributed by atoms with Crippen LogP contribution in [-0.4, -0.2) is 31.6 Å². The van der Waals surface area contributed by atoms with Crippen LogP contribution in [0.4, 0.5) is 10.5 Å². The summed E-state index contributed by atoms with van der Waals surface area (Å²) in [4.78, 5) is 22.4. The van der Waals surface area contributed by atoms with E-state index < -0.39 is 34.0 Å². The lowest BCUT2D eigenvalue weighted by atomic mass is 10.0. The fraction of sp³-hybridized carbons (Fsp3) is 0.333. The predicted molar refractivity (Wildman–Crippen MR) is 76.2 cm³/mol. The molecule has 0 saturated carbocycles. The normalized spacial score (nSPS) is 14.0. The van der Waals surface area contributed by atoms with Crippen LogP contribution in [0.15, 0.2) is 29.2 Å². The molecule has 0 bridgehead atoms. The number of aliphatic carboxylic acids is 1. The van der Waals surface area contributed by atoms with Gasteiger partial charge in [0.2, 0.25) is 10.0 Å². The van der Waals surface area contributed by atoms with Crippen LogP contribution in [0.2, 0.25) is 0 Å². The molecular weight excluding hydrogens is 298 g/mol. The SMILES string of the molecule is CC(NC(=O)Nc1cccc(S(N)(=O)=O)c1)C(C)C(=O)O. The number of primary sulfonamides is 1. The third-order valence-corrected chi connectivity index (χ3v) is 3.83. The van der Waals surface area contributed by atoms with Gasteiger partial charge in [0.05, 0.1) is 10.8 Å².